The van der Waals surface area contributed by atoms with Gasteiger partial charge in [-0.3, -0.25) is 0 Å². The topological polar surface area (TPSA) is 61.3 Å². The van der Waals surface area contributed by atoms with Gasteiger partial charge in [0.15, 0.2) is 0 Å². The molecule has 0 aliphatic rings. The van der Waals surface area contributed by atoms with Crippen molar-refractivity contribution in [2.24, 2.45) is 5.92 Å². The van der Waals surface area contributed by atoms with Crippen LogP contribution in [0.2, 0.25) is 0 Å². The molecule has 3 heteroatoms. The molecule has 3 N–H and O–H groups in total. The van der Waals surface area contributed by atoms with E-state index < -0.39 is 0 Å². The Morgan fingerprint density at radius 1 is 1.46 bits per heavy atom. The molecule has 0 aromatic carbocycles. The van der Waals surface area contributed by atoms with Gasteiger partial charge in [-0.05, 0) is 18.8 Å². The number of carbonyl (C=O) groups is 1. The van der Waals surface area contributed by atoms with E-state index in [0.717, 1.165) is 18.8 Å². The zero-order valence-corrected chi connectivity index (χ0v) is 8.71. The third-order valence-electron chi connectivity index (χ3n) is 1.59. The van der Waals surface area contributed by atoms with Gasteiger partial charge < -0.3 is 10.9 Å². The van der Waals surface area contributed by atoms with Crippen molar-refractivity contribution >= 4 is 5.97 Å². The van der Waals surface area contributed by atoms with Crippen molar-refractivity contribution in [1.29, 1.82) is 0 Å². The van der Waals surface area contributed by atoms with E-state index >= 15 is 0 Å². The minimum atomic E-state index is -0.320. The van der Waals surface area contributed by atoms with Crippen molar-refractivity contribution in [3.8, 4) is 0 Å². The van der Waals surface area contributed by atoms with Crippen LogP contribution in [0.5, 0.6) is 0 Å². The minimum absolute atomic E-state index is 0. The van der Waals surface area contributed by atoms with Crippen molar-refractivity contribution in [2.45, 2.75) is 33.1 Å². The average molecular weight is 187 g/mol. The summed E-state index contributed by atoms with van der Waals surface area (Å²) in [6.07, 6.45) is 4.48. The summed E-state index contributed by atoms with van der Waals surface area (Å²) in [6, 6.07) is 0. The quantitative estimate of drug-likeness (QED) is 0.395. The highest BCUT2D eigenvalue weighted by Gasteiger charge is 1.96. The van der Waals surface area contributed by atoms with Crippen molar-refractivity contribution in [3.05, 3.63) is 12.7 Å². The molecule has 0 saturated heterocycles. The number of unbranched alkanes of at least 4 members (excludes halogenated alkanes) is 1. The van der Waals surface area contributed by atoms with Gasteiger partial charge in [0.05, 0.1) is 6.61 Å². The molecular weight excluding hydrogens is 166 g/mol. The Bertz CT molecular complexity index is 144. The van der Waals surface area contributed by atoms with Gasteiger partial charge in [-0.2, -0.15) is 0 Å². The highest BCUT2D eigenvalue weighted by Crippen LogP contribution is 2.05. The fourth-order valence-corrected chi connectivity index (χ4v) is 0.886. The van der Waals surface area contributed by atoms with Crippen molar-refractivity contribution in [3.63, 3.8) is 0 Å². The standard InChI is InChI=1S/C10H18O2.H3N/c1-4-10(11)12-8-6-5-7-9(2)3;/h4,9H,1,5-8H2,2-3H3;1H3. The molecule has 0 fully saturated rings. The molecule has 3 nitrogen and oxygen atoms in total. The fourth-order valence-electron chi connectivity index (χ4n) is 0.886. The lowest BCUT2D eigenvalue weighted by Crippen LogP contribution is -2.02. The van der Waals surface area contributed by atoms with Gasteiger partial charge in [0.2, 0.25) is 0 Å². The van der Waals surface area contributed by atoms with Gasteiger partial charge in [-0.25, -0.2) is 4.79 Å². The molecule has 0 aromatic rings. The molecule has 0 rings (SSSR count). The second-order valence-corrected chi connectivity index (χ2v) is 3.26. The van der Waals surface area contributed by atoms with E-state index in [2.05, 4.69) is 20.4 Å². The van der Waals surface area contributed by atoms with E-state index in [1.165, 1.54) is 12.5 Å². The van der Waals surface area contributed by atoms with E-state index in [9.17, 15) is 4.79 Å². The summed E-state index contributed by atoms with van der Waals surface area (Å²) in [5, 5.41) is 0. The van der Waals surface area contributed by atoms with Crippen molar-refractivity contribution in [2.75, 3.05) is 6.61 Å². The van der Waals surface area contributed by atoms with Crippen LogP contribution >= 0.6 is 0 Å². The van der Waals surface area contributed by atoms with Crippen molar-refractivity contribution in [1.82, 2.24) is 6.15 Å². The van der Waals surface area contributed by atoms with E-state index in [4.69, 9.17) is 4.74 Å². The third kappa shape index (κ3) is 11.2. The number of esters is 1. The van der Waals surface area contributed by atoms with Gasteiger partial charge in [-0.15, -0.1) is 0 Å². The fraction of sp³-hybridized carbons (Fsp3) is 0.700. The van der Waals surface area contributed by atoms with Gasteiger partial charge >= 0.3 is 5.97 Å². The monoisotopic (exact) mass is 187 g/mol. The summed E-state index contributed by atoms with van der Waals surface area (Å²) >= 11 is 0. The molecule has 13 heavy (non-hydrogen) atoms. The van der Waals surface area contributed by atoms with Crippen LogP contribution in [0.4, 0.5) is 0 Å². The number of hydrogen-bond acceptors (Lipinski definition) is 3. The molecule has 0 aliphatic carbocycles. The Kier molecular flexibility index (Phi) is 10.5. The first-order chi connectivity index (χ1) is 5.66. The summed E-state index contributed by atoms with van der Waals surface area (Å²) in [6.45, 7) is 8.22. The van der Waals surface area contributed by atoms with Gasteiger partial charge in [0.1, 0.15) is 0 Å². The number of rotatable bonds is 6. The first kappa shape index (κ1) is 14.7. The maximum Gasteiger partial charge on any atom is 0.330 e. The zero-order valence-electron chi connectivity index (χ0n) is 8.71. The molecule has 0 aromatic heterocycles. The largest absolute Gasteiger partial charge is 0.463 e. The second-order valence-electron chi connectivity index (χ2n) is 3.26. The zero-order chi connectivity index (χ0) is 9.40. The van der Waals surface area contributed by atoms with E-state index in [0.29, 0.717) is 6.61 Å². The highest BCUT2D eigenvalue weighted by molar-refractivity contribution is 5.81. The SMILES string of the molecule is C=CC(=O)OCCCCC(C)C.N. The Morgan fingerprint density at radius 3 is 2.54 bits per heavy atom. The lowest BCUT2D eigenvalue weighted by Gasteiger charge is -2.04. The van der Waals surface area contributed by atoms with Gasteiger partial charge in [0.25, 0.3) is 0 Å². The second kappa shape index (κ2) is 9.26. The summed E-state index contributed by atoms with van der Waals surface area (Å²) in [5.41, 5.74) is 0. The maximum absolute atomic E-state index is 10.6. The lowest BCUT2D eigenvalue weighted by atomic mass is 10.1. The van der Waals surface area contributed by atoms with Crippen LogP contribution in [0.25, 0.3) is 0 Å². The summed E-state index contributed by atoms with van der Waals surface area (Å²) in [4.78, 5) is 10.6. The van der Waals surface area contributed by atoms with Crippen LogP contribution in [0.15, 0.2) is 12.7 Å². The van der Waals surface area contributed by atoms with Gasteiger partial charge in [-0.1, -0.05) is 26.8 Å². The minimum Gasteiger partial charge on any atom is -0.463 e. The molecule has 0 heterocycles. The van der Waals surface area contributed by atoms with Crippen LogP contribution in [-0.2, 0) is 9.53 Å². The van der Waals surface area contributed by atoms with Crippen LogP contribution in [0, 0.1) is 5.92 Å². The van der Waals surface area contributed by atoms with Crippen LogP contribution in [0.1, 0.15) is 33.1 Å². The van der Waals surface area contributed by atoms with E-state index in [-0.39, 0.29) is 12.1 Å². The molecule has 0 unspecified atom stereocenters. The van der Waals surface area contributed by atoms with Crippen LogP contribution < -0.4 is 6.15 Å². The lowest BCUT2D eigenvalue weighted by molar-refractivity contribution is -0.137. The molecule has 78 valence electrons. The third-order valence-corrected chi connectivity index (χ3v) is 1.59. The Balaban J connectivity index is 0. The van der Waals surface area contributed by atoms with E-state index in [1.54, 1.807) is 0 Å². The Hall–Kier alpha value is -0.830. The highest BCUT2D eigenvalue weighted by atomic mass is 16.5. The molecule has 0 bridgehead atoms. The molecule has 0 atom stereocenters. The normalized spacial score (nSPS) is 9.15. The first-order valence-electron chi connectivity index (χ1n) is 4.46. The summed E-state index contributed by atoms with van der Waals surface area (Å²) in [5.74, 6) is 0.416. The maximum atomic E-state index is 10.6. The van der Waals surface area contributed by atoms with Crippen LogP contribution in [-0.4, -0.2) is 12.6 Å². The number of hydrogen-bond donors (Lipinski definition) is 1. The molecule has 0 spiro atoms. The molecule has 0 radical (unpaired) electrons. The van der Waals surface area contributed by atoms with Crippen LogP contribution in [0.3, 0.4) is 0 Å². The summed E-state index contributed by atoms with van der Waals surface area (Å²) in [7, 11) is 0. The molecular formula is C10H21NO2. The Morgan fingerprint density at radius 2 is 2.08 bits per heavy atom. The predicted octanol–water partition coefficient (Wildman–Crippen LogP) is 2.70. The Labute approximate surface area is 80.7 Å². The molecule has 0 saturated carbocycles. The van der Waals surface area contributed by atoms with Crippen molar-refractivity contribution < 1.29 is 9.53 Å². The van der Waals surface area contributed by atoms with E-state index in [1.807, 2.05) is 0 Å². The summed E-state index contributed by atoms with van der Waals surface area (Å²) < 4.78 is 4.82. The average Bonchev–Trinajstić information content (AvgIpc) is 2.03. The molecule has 0 aliphatic heterocycles. The van der Waals surface area contributed by atoms with Gasteiger partial charge in [0, 0.05) is 6.08 Å². The smallest absolute Gasteiger partial charge is 0.330 e. The number of carbonyl (C=O) groups excluding carboxylic acids is 1. The number of ether oxygens (including phenoxy) is 1. The first-order valence-corrected chi connectivity index (χ1v) is 4.46. The predicted molar refractivity (Wildman–Crippen MR) is 54.9 cm³/mol. The molecule has 0 amide bonds.